The number of halogens is 2. The second-order valence-corrected chi connectivity index (χ2v) is 6.64. The summed E-state index contributed by atoms with van der Waals surface area (Å²) in [6, 6.07) is 3.98. The third-order valence-corrected chi connectivity index (χ3v) is 5.05. The van der Waals surface area contributed by atoms with E-state index in [1.807, 2.05) is 6.20 Å². The molecule has 0 saturated carbocycles. The number of amides is 1. The molecule has 1 aromatic heterocycles. The summed E-state index contributed by atoms with van der Waals surface area (Å²) in [5, 5.41) is 6.57. The molecule has 0 aliphatic carbocycles. The van der Waals surface area contributed by atoms with E-state index >= 15 is 0 Å². The third kappa shape index (κ3) is 3.45. The minimum Gasteiger partial charge on any atom is -0.317 e. The van der Waals surface area contributed by atoms with E-state index in [4.69, 9.17) is 11.6 Å². The van der Waals surface area contributed by atoms with Gasteiger partial charge in [0.15, 0.2) is 5.13 Å². The van der Waals surface area contributed by atoms with Crippen molar-refractivity contribution in [1.29, 1.82) is 0 Å². The minimum atomic E-state index is -0.608. The summed E-state index contributed by atoms with van der Waals surface area (Å²) in [4.78, 5) is 17.5. The molecule has 2 N–H and O–H groups in total. The standard InChI is InChI=1S/C15H15ClFN3OS/c16-11-2-1-10(7-12(11)17)14(21)20-15-19-8-13(22-15)9-3-5-18-6-4-9/h1-2,7-9,18H,3-6H2,(H,19,20,21). The van der Waals surface area contributed by atoms with Gasteiger partial charge in [0.25, 0.3) is 5.91 Å². The monoisotopic (exact) mass is 339 g/mol. The summed E-state index contributed by atoms with van der Waals surface area (Å²) < 4.78 is 13.4. The van der Waals surface area contributed by atoms with E-state index in [0.29, 0.717) is 11.0 Å². The molecule has 1 aliphatic rings. The maximum absolute atomic E-state index is 13.4. The van der Waals surface area contributed by atoms with E-state index in [1.165, 1.54) is 28.3 Å². The van der Waals surface area contributed by atoms with Gasteiger partial charge in [-0.25, -0.2) is 9.37 Å². The molecule has 0 bridgehead atoms. The molecule has 0 spiro atoms. The first-order chi connectivity index (χ1) is 10.6. The average Bonchev–Trinajstić information content (AvgIpc) is 2.99. The maximum atomic E-state index is 13.4. The van der Waals surface area contributed by atoms with Gasteiger partial charge in [-0.3, -0.25) is 10.1 Å². The van der Waals surface area contributed by atoms with Crippen molar-refractivity contribution in [3.63, 3.8) is 0 Å². The summed E-state index contributed by atoms with van der Waals surface area (Å²) in [5.41, 5.74) is 0.223. The van der Waals surface area contributed by atoms with Gasteiger partial charge >= 0.3 is 0 Å². The second kappa shape index (κ2) is 6.73. The zero-order valence-corrected chi connectivity index (χ0v) is 13.3. The summed E-state index contributed by atoms with van der Waals surface area (Å²) >= 11 is 7.09. The Morgan fingerprint density at radius 3 is 2.91 bits per heavy atom. The van der Waals surface area contributed by atoms with Crippen molar-refractivity contribution in [1.82, 2.24) is 10.3 Å². The Kier molecular flexibility index (Phi) is 4.71. The number of aromatic nitrogens is 1. The smallest absolute Gasteiger partial charge is 0.257 e. The molecule has 1 aliphatic heterocycles. The number of carbonyl (C=O) groups excluding carboxylic acids is 1. The van der Waals surface area contributed by atoms with E-state index in [9.17, 15) is 9.18 Å². The van der Waals surface area contributed by atoms with Gasteiger partial charge in [0, 0.05) is 16.6 Å². The largest absolute Gasteiger partial charge is 0.317 e. The number of piperidine rings is 1. The van der Waals surface area contributed by atoms with Crippen LogP contribution >= 0.6 is 22.9 Å². The fourth-order valence-corrected chi connectivity index (χ4v) is 3.54. The summed E-state index contributed by atoms with van der Waals surface area (Å²) in [6.45, 7) is 2.02. The van der Waals surface area contributed by atoms with Crippen LogP contribution in [0.5, 0.6) is 0 Å². The number of nitrogens with one attached hydrogen (secondary N) is 2. The van der Waals surface area contributed by atoms with Gasteiger partial charge in [-0.2, -0.15) is 0 Å². The number of thiazole rings is 1. The van der Waals surface area contributed by atoms with Crippen LogP contribution in [0.15, 0.2) is 24.4 Å². The third-order valence-electron chi connectivity index (χ3n) is 3.67. The number of anilines is 1. The second-order valence-electron chi connectivity index (χ2n) is 5.18. The summed E-state index contributed by atoms with van der Waals surface area (Å²) in [7, 11) is 0. The number of benzene rings is 1. The normalized spacial score (nSPS) is 15.7. The van der Waals surface area contributed by atoms with Crippen LogP contribution in [0, 0.1) is 5.82 Å². The predicted molar refractivity (Wildman–Crippen MR) is 86.3 cm³/mol. The Balaban J connectivity index is 1.68. The van der Waals surface area contributed by atoms with Gasteiger partial charge < -0.3 is 5.32 Å². The van der Waals surface area contributed by atoms with Crippen molar-refractivity contribution in [2.45, 2.75) is 18.8 Å². The molecule has 4 nitrogen and oxygen atoms in total. The average molecular weight is 340 g/mol. The zero-order chi connectivity index (χ0) is 15.5. The van der Waals surface area contributed by atoms with Gasteiger partial charge in [-0.05, 0) is 50.0 Å². The maximum Gasteiger partial charge on any atom is 0.257 e. The molecule has 1 fully saturated rings. The molecule has 2 aromatic rings. The molecule has 1 saturated heterocycles. The van der Waals surface area contributed by atoms with Crippen LogP contribution in [0.1, 0.15) is 34.0 Å². The van der Waals surface area contributed by atoms with Crippen molar-refractivity contribution in [3.05, 3.63) is 45.7 Å². The van der Waals surface area contributed by atoms with E-state index < -0.39 is 5.82 Å². The highest BCUT2D eigenvalue weighted by Gasteiger charge is 2.18. The van der Waals surface area contributed by atoms with E-state index in [2.05, 4.69) is 15.6 Å². The quantitative estimate of drug-likeness (QED) is 0.897. The van der Waals surface area contributed by atoms with Crippen LogP contribution < -0.4 is 10.6 Å². The molecule has 0 atom stereocenters. The first-order valence-corrected chi connectivity index (χ1v) is 8.26. The molecule has 1 amide bonds. The molecular weight excluding hydrogens is 325 g/mol. The topological polar surface area (TPSA) is 54.0 Å². The first kappa shape index (κ1) is 15.4. The number of rotatable bonds is 3. The number of hydrogen-bond acceptors (Lipinski definition) is 4. The number of hydrogen-bond donors (Lipinski definition) is 2. The number of nitrogens with zero attached hydrogens (tertiary/aromatic N) is 1. The van der Waals surface area contributed by atoms with Crippen molar-refractivity contribution in [2.75, 3.05) is 18.4 Å². The molecular formula is C15H15ClFN3OS. The fraction of sp³-hybridized carbons (Fsp3) is 0.333. The summed E-state index contributed by atoms with van der Waals surface area (Å²) in [5.74, 6) is -0.497. The highest BCUT2D eigenvalue weighted by atomic mass is 35.5. The van der Waals surface area contributed by atoms with Crippen LogP contribution in [-0.4, -0.2) is 24.0 Å². The first-order valence-electron chi connectivity index (χ1n) is 7.06. The van der Waals surface area contributed by atoms with Crippen molar-refractivity contribution >= 4 is 34.0 Å². The van der Waals surface area contributed by atoms with Gasteiger partial charge in [-0.15, -0.1) is 11.3 Å². The minimum absolute atomic E-state index is 0.000933. The predicted octanol–water partition coefficient (Wildman–Crippen LogP) is 3.65. The van der Waals surface area contributed by atoms with Gasteiger partial charge in [0.1, 0.15) is 5.82 Å². The SMILES string of the molecule is O=C(Nc1ncc(C2CCNCC2)s1)c1ccc(Cl)c(F)c1. The highest BCUT2D eigenvalue weighted by Crippen LogP contribution is 2.31. The van der Waals surface area contributed by atoms with Crippen molar-refractivity contribution < 1.29 is 9.18 Å². The molecule has 2 heterocycles. The Labute approximate surface area is 136 Å². The van der Waals surface area contributed by atoms with E-state index in [0.717, 1.165) is 32.0 Å². The lowest BCUT2D eigenvalue weighted by atomic mass is 9.97. The molecule has 1 aromatic carbocycles. The fourth-order valence-electron chi connectivity index (χ4n) is 2.45. The Hall–Kier alpha value is -1.50. The van der Waals surface area contributed by atoms with Crippen LogP contribution in [0.3, 0.4) is 0 Å². The van der Waals surface area contributed by atoms with Gasteiger partial charge in [-0.1, -0.05) is 11.6 Å². The van der Waals surface area contributed by atoms with Crippen LogP contribution in [-0.2, 0) is 0 Å². The highest BCUT2D eigenvalue weighted by molar-refractivity contribution is 7.15. The zero-order valence-electron chi connectivity index (χ0n) is 11.7. The Morgan fingerprint density at radius 1 is 1.41 bits per heavy atom. The lowest BCUT2D eigenvalue weighted by molar-refractivity contribution is 0.102. The van der Waals surface area contributed by atoms with E-state index in [1.54, 1.807) is 0 Å². The summed E-state index contributed by atoms with van der Waals surface area (Å²) in [6.07, 6.45) is 3.98. The molecule has 22 heavy (non-hydrogen) atoms. The van der Waals surface area contributed by atoms with Gasteiger partial charge in [0.2, 0.25) is 0 Å². The van der Waals surface area contributed by atoms with Crippen LogP contribution in [0.2, 0.25) is 5.02 Å². The molecule has 7 heteroatoms. The Bertz CT molecular complexity index is 685. The lowest BCUT2D eigenvalue weighted by Gasteiger charge is -2.20. The van der Waals surface area contributed by atoms with Crippen molar-refractivity contribution in [2.24, 2.45) is 0 Å². The Morgan fingerprint density at radius 2 is 2.18 bits per heavy atom. The molecule has 116 valence electrons. The number of carbonyl (C=O) groups is 1. The molecule has 0 radical (unpaired) electrons. The van der Waals surface area contributed by atoms with E-state index in [-0.39, 0.29) is 16.5 Å². The van der Waals surface area contributed by atoms with Crippen LogP contribution in [0.25, 0.3) is 0 Å². The van der Waals surface area contributed by atoms with Crippen molar-refractivity contribution in [3.8, 4) is 0 Å². The molecule has 3 rings (SSSR count). The lowest BCUT2D eigenvalue weighted by Crippen LogP contribution is -2.26. The molecule has 0 unspecified atom stereocenters. The van der Waals surface area contributed by atoms with Gasteiger partial charge in [0.05, 0.1) is 5.02 Å². The van der Waals surface area contributed by atoms with Crippen LogP contribution in [0.4, 0.5) is 9.52 Å².